The van der Waals surface area contributed by atoms with Crippen molar-refractivity contribution < 1.29 is 14.5 Å². The van der Waals surface area contributed by atoms with Crippen molar-refractivity contribution >= 4 is 23.1 Å². The van der Waals surface area contributed by atoms with E-state index >= 15 is 0 Å². The lowest BCUT2D eigenvalue weighted by molar-refractivity contribution is -0.385. The zero-order chi connectivity index (χ0) is 17.7. The molecular formula is C15H18N4O5. The van der Waals surface area contributed by atoms with Gasteiger partial charge < -0.3 is 10.1 Å². The molecule has 0 aliphatic rings. The van der Waals surface area contributed by atoms with E-state index < -0.39 is 16.2 Å². The van der Waals surface area contributed by atoms with E-state index in [1.54, 1.807) is 32.0 Å². The number of carbonyl (C=O) groups excluding carboxylic acids is 1. The molecule has 2 aromatic rings. The van der Waals surface area contributed by atoms with Crippen molar-refractivity contribution in [2.24, 2.45) is 0 Å². The average Bonchev–Trinajstić information content (AvgIpc) is 2.53. The first-order valence-electron chi connectivity index (χ1n) is 7.52. The first-order chi connectivity index (χ1) is 11.4. The summed E-state index contributed by atoms with van der Waals surface area (Å²) in [6.45, 7) is 3.77. The fraction of sp³-hybridized carbons (Fsp3) is 0.400. The maximum Gasteiger partial charge on any atom is 0.376 e. The van der Waals surface area contributed by atoms with Gasteiger partial charge >= 0.3 is 17.2 Å². The first-order valence-corrected chi connectivity index (χ1v) is 7.52. The van der Waals surface area contributed by atoms with Crippen LogP contribution < -0.4 is 10.9 Å². The van der Waals surface area contributed by atoms with Gasteiger partial charge in [-0.15, -0.1) is 0 Å². The molecule has 128 valence electrons. The molecule has 2 rings (SSSR count). The standard InChI is InChI=1S/C15H18N4O5/c1-3-24-12(20)8-7-10(2)16-14-13(19(22)23)15(21)18-9-5-4-6-11(18)17-14/h4-6,9-10,16H,3,7-8H2,1-2H3/t10-/m1/s1. The summed E-state index contributed by atoms with van der Waals surface area (Å²) in [6.07, 6.45) is 1.99. The van der Waals surface area contributed by atoms with Crippen molar-refractivity contribution in [1.82, 2.24) is 9.38 Å². The summed E-state index contributed by atoms with van der Waals surface area (Å²) >= 11 is 0. The maximum absolute atomic E-state index is 12.3. The molecule has 0 fully saturated rings. The number of pyridine rings is 1. The molecule has 0 radical (unpaired) electrons. The van der Waals surface area contributed by atoms with Crippen LogP contribution in [0.2, 0.25) is 0 Å². The summed E-state index contributed by atoms with van der Waals surface area (Å²) < 4.78 is 5.95. The molecule has 0 amide bonds. The Labute approximate surface area is 137 Å². The molecule has 0 aromatic carbocycles. The average molecular weight is 334 g/mol. The topological polar surface area (TPSA) is 116 Å². The van der Waals surface area contributed by atoms with Crippen molar-refractivity contribution in [2.45, 2.75) is 32.7 Å². The monoisotopic (exact) mass is 334 g/mol. The van der Waals surface area contributed by atoms with Gasteiger partial charge in [0.05, 0.1) is 11.5 Å². The fourth-order valence-corrected chi connectivity index (χ4v) is 2.22. The summed E-state index contributed by atoms with van der Waals surface area (Å²) in [4.78, 5) is 38.3. The number of nitro groups is 1. The van der Waals surface area contributed by atoms with E-state index in [0.717, 1.165) is 4.40 Å². The number of hydrogen-bond donors (Lipinski definition) is 1. The molecule has 0 bridgehead atoms. The number of ether oxygens (including phenoxy) is 1. The normalized spacial score (nSPS) is 11.9. The molecule has 9 heteroatoms. The highest BCUT2D eigenvalue weighted by Crippen LogP contribution is 2.19. The Balaban J connectivity index is 2.27. The summed E-state index contributed by atoms with van der Waals surface area (Å²) in [5, 5.41) is 14.1. The highest BCUT2D eigenvalue weighted by Gasteiger charge is 2.24. The summed E-state index contributed by atoms with van der Waals surface area (Å²) in [6, 6.07) is 4.56. The molecule has 24 heavy (non-hydrogen) atoms. The molecule has 0 aliphatic heterocycles. The lowest BCUT2D eigenvalue weighted by Gasteiger charge is -2.14. The van der Waals surface area contributed by atoms with Crippen LogP contribution >= 0.6 is 0 Å². The summed E-state index contributed by atoms with van der Waals surface area (Å²) in [5.74, 6) is -0.445. The Morgan fingerprint density at radius 3 is 2.92 bits per heavy atom. The van der Waals surface area contributed by atoms with E-state index in [1.807, 2.05) is 0 Å². The zero-order valence-electron chi connectivity index (χ0n) is 13.4. The van der Waals surface area contributed by atoms with Gasteiger partial charge in [0.1, 0.15) is 5.65 Å². The Morgan fingerprint density at radius 2 is 2.25 bits per heavy atom. The third-order valence-corrected chi connectivity index (χ3v) is 3.36. The second-order valence-corrected chi connectivity index (χ2v) is 5.19. The smallest absolute Gasteiger partial charge is 0.376 e. The number of fused-ring (bicyclic) bond motifs is 1. The third-order valence-electron chi connectivity index (χ3n) is 3.36. The van der Waals surface area contributed by atoms with Gasteiger partial charge in [-0.3, -0.25) is 24.1 Å². The molecule has 0 aliphatic carbocycles. The number of rotatable bonds is 7. The molecule has 2 aromatic heterocycles. The van der Waals surface area contributed by atoms with E-state index in [2.05, 4.69) is 10.3 Å². The van der Waals surface area contributed by atoms with Crippen LogP contribution in [0.25, 0.3) is 5.65 Å². The van der Waals surface area contributed by atoms with E-state index in [-0.39, 0.29) is 24.2 Å². The molecule has 2 heterocycles. The SMILES string of the molecule is CCOC(=O)CC[C@@H](C)Nc1nc2ccccn2c(=O)c1[N+](=O)[O-]. The van der Waals surface area contributed by atoms with Gasteiger partial charge in [-0.05, 0) is 32.4 Å². The molecule has 1 atom stereocenters. The molecule has 0 saturated carbocycles. The number of carbonyl (C=O) groups is 1. The number of aromatic nitrogens is 2. The van der Waals surface area contributed by atoms with Crippen LogP contribution in [0.15, 0.2) is 29.2 Å². The molecule has 0 saturated heterocycles. The fourth-order valence-electron chi connectivity index (χ4n) is 2.22. The quantitative estimate of drug-likeness (QED) is 0.466. The van der Waals surface area contributed by atoms with Crippen LogP contribution in [0.1, 0.15) is 26.7 Å². The van der Waals surface area contributed by atoms with Gasteiger partial charge in [-0.1, -0.05) is 6.07 Å². The Morgan fingerprint density at radius 1 is 1.50 bits per heavy atom. The van der Waals surface area contributed by atoms with Crippen molar-refractivity contribution in [3.63, 3.8) is 0 Å². The number of nitrogens with one attached hydrogen (secondary N) is 1. The largest absolute Gasteiger partial charge is 0.466 e. The van der Waals surface area contributed by atoms with Crippen LogP contribution in [-0.4, -0.2) is 32.9 Å². The van der Waals surface area contributed by atoms with Gasteiger partial charge in [-0.25, -0.2) is 4.98 Å². The molecule has 9 nitrogen and oxygen atoms in total. The third kappa shape index (κ3) is 3.86. The molecule has 1 N–H and O–H groups in total. The van der Waals surface area contributed by atoms with E-state index in [9.17, 15) is 19.7 Å². The zero-order valence-corrected chi connectivity index (χ0v) is 13.4. The van der Waals surface area contributed by atoms with E-state index in [1.165, 1.54) is 6.20 Å². The van der Waals surface area contributed by atoms with Gasteiger partial charge in [0.15, 0.2) is 0 Å². The molecular weight excluding hydrogens is 316 g/mol. The van der Waals surface area contributed by atoms with E-state index in [0.29, 0.717) is 18.7 Å². The molecule has 0 spiro atoms. The van der Waals surface area contributed by atoms with Gasteiger partial charge in [0, 0.05) is 18.7 Å². The summed E-state index contributed by atoms with van der Waals surface area (Å²) in [5.41, 5.74) is -1.08. The minimum Gasteiger partial charge on any atom is -0.466 e. The van der Waals surface area contributed by atoms with Crippen molar-refractivity contribution in [1.29, 1.82) is 0 Å². The number of nitrogens with zero attached hydrogens (tertiary/aromatic N) is 3. The second kappa shape index (κ2) is 7.53. The maximum atomic E-state index is 12.3. The number of anilines is 1. The minimum absolute atomic E-state index is 0.104. The van der Waals surface area contributed by atoms with Gasteiger partial charge in [0.2, 0.25) is 5.82 Å². The minimum atomic E-state index is -0.759. The van der Waals surface area contributed by atoms with Crippen molar-refractivity contribution in [2.75, 3.05) is 11.9 Å². The molecule has 0 unspecified atom stereocenters. The van der Waals surface area contributed by atoms with Gasteiger partial charge in [0.25, 0.3) is 0 Å². The first kappa shape index (κ1) is 17.4. The van der Waals surface area contributed by atoms with Crippen LogP contribution in [0.4, 0.5) is 11.5 Å². The van der Waals surface area contributed by atoms with Crippen molar-refractivity contribution in [3.8, 4) is 0 Å². The number of hydrogen-bond acceptors (Lipinski definition) is 7. The Kier molecular flexibility index (Phi) is 5.46. The van der Waals surface area contributed by atoms with Gasteiger partial charge in [-0.2, -0.15) is 0 Å². The highest BCUT2D eigenvalue weighted by molar-refractivity contribution is 5.69. The predicted molar refractivity (Wildman–Crippen MR) is 87.1 cm³/mol. The Hall–Kier alpha value is -2.97. The highest BCUT2D eigenvalue weighted by atomic mass is 16.6. The van der Waals surface area contributed by atoms with Crippen LogP contribution in [0.3, 0.4) is 0 Å². The lowest BCUT2D eigenvalue weighted by atomic mass is 10.2. The lowest BCUT2D eigenvalue weighted by Crippen LogP contribution is -2.24. The summed E-state index contributed by atoms with van der Waals surface area (Å²) in [7, 11) is 0. The van der Waals surface area contributed by atoms with Crippen LogP contribution in [0.5, 0.6) is 0 Å². The second-order valence-electron chi connectivity index (χ2n) is 5.19. The number of esters is 1. The van der Waals surface area contributed by atoms with Crippen LogP contribution in [0, 0.1) is 10.1 Å². The van der Waals surface area contributed by atoms with E-state index in [4.69, 9.17) is 4.74 Å². The van der Waals surface area contributed by atoms with Crippen LogP contribution in [-0.2, 0) is 9.53 Å². The predicted octanol–water partition coefficient (Wildman–Crippen LogP) is 1.75. The Bertz CT molecular complexity index is 817. The van der Waals surface area contributed by atoms with Crippen molar-refractivity contribution in [3.05, 3.63) is 44.9 Å².